The van der Waals surface area contributed by atoms with Gasteiger partial charge in [-0.15, -0.1) is 0 Å². The van der Waals surface area contributed by atoms with Gasteiger partial charge in [0.25, 0.3) is 5.91 Å². The van der Waals surface area contributed by atoms with E-state index in [9.17, 15) is 9.59 Å². The molecule has 1 aromatic heterocycles. The number of nitrogens with zero attached hydrogens (tertiary/aromatic N) is 3. The van der Waals surface area contributed by atoms with Crippen LogP contribution in [0.2, 0.25) is 0 Å². The van der Waals surface area contributed by atoms with E-state index in [0.717, 1.165) is 6.42 Å². The van der Waals surface area contributed by atoms with Crippen molar-refractivity contribution in [3.8, 4) is 0 Å². The third-order valence-electron chi connectivity index (χ3n) is 4.48. The fourth-order valence-electron chi connectivity index (χ4n) is 2.87. The maximum atomic E-state index is 12.8. The molecule has 26 heavy (non-hydrogen) atoms. The lowest BCUT2D eigenvalue weighted by Crippen LogP contribution is -2.39. The predicted octanol–water partition coefficient (Wildman–Crippen LogP) is 2.13. The molecule has 0 bridgehead atoms. The standard InChI is InChI=1S/C18H26N4O4/c1-5-13(8-9-18(2,3)25-16(23)11-19)22(4)17(24)12-6-7-14-15(10-12)21-26-20-14/h6-7,10,13H,5,8-9,11,19H2,1-4H3. The Morgan fingerprint density at radius 2 is 2.00 bits per heavy atom. The minimum absolute atomic E-state index is 0.0180. The van der Waals surface area contributed by atoms with Gasteiger partial charge in [0.2, 0.25) is 0 Å². The van der Waals surface area contributed by atoms with Crippen molar-refractivity contribution < 1.29 is 19.0 Å². The summed E-state index contributed by atoms with van der Waals surface area (Å²) in [5.74, 6) is -0.527. The van der Waals surface area contributed by atoms with Gasteiger partial charge in [-0.25, -0.2) is 4.63 Å². The van der Waals surface area contributed by atoms with E-state index in [1.165, 1.54) is 0 Å². The van der Waals surface area contributed by atoms with Crippen LogP contribution in [0.1, 0.15) is 50.4 Å². The highest BCUT2D eigenvalue weighted by Gasteiger charge is 2.26. The molecule has 0 saturated carbocycles. The van der Waals surface area contributed by atoms with Crippen LogP contribution in [0.3, 0.4) is 0 Å². The second-order valence-corrected chi connectivity index (χ2v) is 6.92. The van der Waals surface area contributed by atoms with E-state index in [2.05, 4.69) is 14.9 Å². The zero-order valence-electron chi connectivity index (χ0n) is 15.7. The number of ether oxygens (including phenoxy) is 1. The van der Waals surface area contributed by atoms with Gasteiger partial charge in [-0.05, 0) is 61.6 Å². The Hall–Kier alpha value is -2.48. The smallest absolute Gasteiger partial charge is 0.320 e. The number of benzene rings is 1. The lowest BCUT2D eigenvalue weighted by Gasteiger charge is -2.31. The average Bonchev–Trinajstić information content (AvgIpc) is 3.08. The van der Waals surface area contributed by atoms with Crippen molar-refractivity contribution in [3.63, 3.8) is 0 Å². The van der Waals surface area contributed by atoms with Gasteiger partial charge in [-0.1, -0.05) is 6.92 Å². The average molecular weight is 362 g/mol. The summed E-state index contributed by atoms with van der Waals surface area (Å²) in [6, 6.07) is 5.11. The Bertz CT molecular complexity index is 771. The Balaban J connectivity index is 2.03. The Labute approximate surface area is 152 Å². The number of fused-ring (bicyclic) bond motifs is 1. The lowest BCUT2D eigenvalue weighted by atomic mass is 9.96. The third-order valence-corrected chi connectivity index (χ3v) is 4.48. The Morgan fingerprint density at radius 3 is 2.65 bits per heavy atom. The van der Waals surface area contributed by atoms with E-state index in [1.807, 2.05) is 20.8 Å². The van der Waals surface area contributed by atoms with Gasteiger partial charge in [0.1, 0.15) is 16.6 Å². The second kappa shape index (κ2) is 8.27. The van der Waals surface area contributed by atoms with E-state index in [4.69, 9.17) is 10.5 Å². The molecular formula is C18H26N4O4. The normalized spacial score (nSPS) is 12.8. The monoisotopic (exact) mass is 362 g/mol. The summed E-state index contributed by atoms with van der Waals surface area (Å²) in [6.45, 7) is 5.58. The maximum Gasteiger partial charge on any atom is 0.320 e. The summed E-state index contributed by atoms with van der Waals surface area (Å²) in [5, 5.41) is 7.52. The van der Waals surface area contributed by atoms with Gasteiger partial charge in [-0.3, -0.25) is 9.59 Å². The highest BCUT2D eigenvalue weighted by atomic mass is 16.6. The van der Waals surface area contributed by atoms with Crippen LogP contribution in [0.5, 0.6) is 0 Å². The van der Waals surface area contributed by atoms with Crippen molar-refractivity contribution in [2.24, 2.45) is 5.73 Å². The van der Waals surface area contributed by atoms with Crippen LogP contribution in [0.25, 0.3) is 11.0 Å². The molecule has 0 aliphatic rings. The minimum Gasteiger partial charge on any atom is -0.459 e. The van der Waals surface area contributed by atoms with Gasteiger partial charge in [0, 0.05) is 18.7 Å². The molecule has 8 heteroatoms. The van der Waals surface area contributed by atoms with Gasteiger partial charge in [0.15, 0.2) is 0 Å². The summed E-state index contributed by atoms with van der Waals surface area (Å²) < 4.78 is 10.0. The number of hydrogen-bond donors (Lipinski definition) is 1. The van der Waals surface area contributed by atoms with Crippen LogP contribution < -0.4 is 5.73 Å². The summed E-state index contributed by atoms with van der Waals surface area (Å²) in [4.78, 5) is 25.9. The highest BCUT2D eigenvalue weighted by Crippen LogP contribution is 2.22. The van der Waals surface area contributed by atoms with Crippen LogP contribution in [-0.2, 0) is 9.53 Å². The topological polar surface area (TPSA) is 112 Å². The van der Waals surface area contributed by atoms with Gasteiger partial charge >= 0.3 is 5.97 Å². The van der Waals surface area contributed by atoms with E-state index in [1.54, 1.807) is 30.1 Å². The molecule has 142 valence electrons. The molecule has 2 aromatic rings. The number of carbonyl (C=O) groups is 2. The first-order valence-corrected chi connectivity index (χ1v) is 8.68. The van der Waals surface area contributed by atoms with Gasteiger partial charge in [0.05, 0.1) is 6.54 Å². The molecule has 1 aromatic carbocycles. The largest absolute Gasteiger partial charge is 0.459 e. The molecule has 8 nitrogen and oxygen atoms in total. The first-order chi connectivity index (χ1) is 12.3. The first kappa shape index (κ1) is 19.8. The molecule has 2 N–H and O–H groups in total. The van der Waals surface area contributed by atoms with Crippen molar-refractivity contribution in [1.82, 2.24) is 15.2 Å². The zero-order chi connectivity index (χ0) is 19.3. The van der Waals surface area contributed by atoms with Crippen molar-refractivity contribution in [1.29, 1.82) is 0 Å². The van der Waals surface area contributed by atoms with E-state index >= 15 is 0 Å². The molecule has 2 rings (SSSR count). The number of aromatic nitrogens is 2. The Morgan fingerprint density at radius 1 is 1.31 bits per heavy atom. The molecule has 0 radical (unpaired) electrons. The molecule has 1 atom stereocenters. The number of nitrogens with two attached hydrogens (primary N) is 1. The quantitative estimate of drug-likeness (QED) is 0.716. The molecule has 1 amide bonds. The number of rotatable bonds is 8. The van der Waals surface area contributed by atoms with Crippen molar-refractivity contribution in [3.05, 3.63) is 23.8 Å². The fraction of sp³-hybridized carbons (Fsp3) is 0.556. The molecule has 0 spiro atoms. The molecule has 0 aliphatic heterocycles. The van der Waals surface area contributed by atoms with Crippen LogP contribution >= 0.6 is 0 Å². The second-order valence-electron chi connectivity index (χ2n) is 6.92. The molecule has 0 saturated heterocycles. The van der Waals surface area contributed by atoms with Crippen molar-refractivity contribution in [2.75, 3.05) is 13.6 Å². The third kappa shape index (κ3) is 4.78. The van der Waals surface area contributed by atoms with Gasteiger partial charge in [-0.2, -0.15) is 0 Å². The summed E-state index contributed by atoms with van der Waals surface area (Å²) in [6.07, 6.45) is 2.12. The number of esters is 1. The fourth-order valence-corrected chi connectivity index (χ4v) is 2.87. The molecule has 0 aliphatic carbocycles. The Kier molecular flexibility index (Phi) is 6.31. The van der Waals surface area contributed by atoms with Crippen molar-refractivity contribution in [2.45, 2.75) is 51.7 Å². The van der Waals surface area contributed by atoms with Crippen LogP contribution in [0.15, 0.2) is 22.8 Å². The first-order valence-electron chi connectivity index (χ1n) is 8.68. The molecule has 0 fully saturated rings. The van der Waals surface area contributed by atoms with E-state index in [-0.39, 0.29) is 18.5 Å². The van der Waals surface area contributed by atoms with Crippen LogP contribution in [-0.4, -0.2) is 52.3 Å². The summed E-state index contributed by atoms with van der Waals surface area (Å²) in [7, 11) is 1.78. The SMILES string of the molecule is CCC(CCC(C)(C)OC(=O)CN)N(C)C(=O)c1ccc2nonc2c1. The zero-order valence-corrected chi connectivity index (χ0v) is 15.7. The summed E-state index contributed by atoms with van der Waals surface area (Å²) in [5.41, 5.74) is 6.37. The maximum absolute atomic E-state index is 12.8. The number of amides is 1. The minimum atomic E-state index is -0.626. The van der Waals surface area contributed by atoms with E-state index < -0.39 is 11.6 Å². The van der Waals surface area contributed by atoms with Crippen LogP contribution in [0.4, 0.5) is 0 Å². The van der Waals surface area contributed by atoms with E-state index in [0.29, 0.717) is 29.4 Å². The lowest BCUT2D eigenvalue weighted by molar-refractivity contribution is -0.155. The highest BCUT2D eigenvalue weighted by molar-refractivity contribution is 5.97. The molecule has 1 heterocycles. The van der Waals surface area contributed by atoms with Crippen molar-refractivity contribution >= 4 is 22.9 Å². The van der Waals surface area contributed by atoms with Gasteiger partial charge < -0.3 is 15.4 Å². The van der Waals surface area contributed by atoms with Crippen LogP contribution in [0, 0.1) is 0 Å². The predicted molar refractivity (Wildman–Crippen MR) is 96.4 cm³/mol. The summed E-state index contributed by atoms with van der Waals surface area (Å²) >= 11 is 0. The number of carbonyl (C=O) groups excluding carboxylic acids is 2. The molecule has 1 unspecified atom stereocenters. The molecular weight excluding hydrogens is 336 g/mol. The number of hydrogen-bond acceptors (Lipinski definition) is 7.